The molecule has 6 unspecified atom stereocenters. The number of hydrogen-bond acceptors (Lipinski definition) is 8. The summed E-state index contributed by atoms with van der Waals surface area (Å²) in [6, 6.07) is 22.6. The molecule has 3 aromatic rings. The number of rotatable bonds is 6. The Morgan fingerprint density at radius 2 is 1.40 bits per heavy atom. The number of fused-ring (bicyclic) bond motifs is 1. The first-order chi connectivity index (χ1) is 17.2. The molecule has 0 amide bonds. The van der Waals surface area contributed by atoms with Gasteiger partial charge < -0.3 is 28.8 Å². The maximum absolute atomic E-state index is 11.8. The molecule has 0 bridgehead atoms. The average molecular weight is 478 g/mol. The largest absolute Gasteiger partial charge is 0.464 e. The van der Waals surface area contributed by atoms with Crippen LogP contribution in [0.2, 0.25) is 0 Å². The number of esters is 1. The van der Waals surface area contributed by atoms with Crippen molar-refractivity contribution in [1.29, 1.82) is 0 Å². The standard InChI is InChI=1S/C27H27NO7/c1-31-25(30)20-13-12-17(15-28-20)14-21-23-24(35-26(32-21)18-8-4-2-5-9-18)22(16-29)33-27(34-23)19-10-6-3-7-11-19/h2-13,15,21-24,26-27,29H,14,16H2,1H3. The van der Waals surface area contributed by atoms with Crippen molar-refractivity contribution < 1.29 is 33.6 Å². The molecule has 2 aliphatic heterocycles. The van der Waals surface area contributed by atoms with Gasteiger partial charge in [-0.2, -0.15) is 0 Å². The number of aromatic nitrogens is 1. The average Bonchev–Trinajstić information content (AvgIpc) is 2.93. The van der Waals surface area contributed by atoms with Crippen molar-refractivity contribution in [2.24, 2.45) is 0 Å². The van der Waals surface area contributed by atoms with Crippen molar-refractivity contribution in [2.45, 2.75) is 43.4 Å². The van der Waals surface area contributed by atoms with Gasteiger partial charge in [0.05, 0.1) is 19.8 Å². The van der Waals surface area contributed by atoms with Crippen LogP contribution in [0.3, 0.4) is 0 Å². The van der Waals surface area contributed by atoms with Crippen LogP contribution in [0.15, 0.2) is 79.0 Å². The van der Waals surface area contributed by atoms with Crippen LogP contribution in [-0.4, -0.2) is 54.2 Å². The molecule has 2 aliphatic rings. The summed E-state index contributed by atoms with van der Waals surface area (Å²) in [6.07, 6.45) is -1.31. The van der Waals surface area contributed by atoms with Crippen molar-refractivity contribution in [3.05, 3.63) is 101 Å². The molecule has 0 radical (unpaired) electrons. The highest BCUT2D eigenvalue weighted by molar-refractivity contribution is 5.86. The highest BCUT2D eigenvalue weighted by Crippen LogP contribution is 2.41. The maximum Gasteiger partial charge on any atom is 0.356 e. The van der Waals surface area contributed by atoms with Crippen LogP contribution in [0.25, 0.3) is 0 Å². The first-order valence-electron chi connectivity index (χ1n) is 11.5. The molecule has 182 valence electrons. The minimum absolute atomic E-state index is 0.225. The molecule has 5 rings (SSSR count). The van der Waals surface area contributed by atoms with Gasteiger partial charge in [0.2, 0.25) is 0 Å². The van der Waals surface area contributed by atoms with Gasteiger partial charge in [-0.05, 0) is 11.6 Å². The Hall–Kier alpha value is -3.14. The third-order valence-electron chi connectivity index (χ3n) is 6.19. The second-order valence-corrected chi connectivity index (χ2v) is 8.47. The van der Waals surface area contributed by atoms with Crippen LogP contribution in [0.4, 0.5) is 0 Å². The van der Waals surface area contributed by atoms with Gasteiger partial charge in [-0.1, -0.05) is 66.7 Å². The Labute approximate surface area is 203 Å². The molecule has 0 spiro atoms. The van der Waals surface area contributed by atoms with Crippen LogP contribution < -0.4 is 0 Å². The molecule has 2 saturated heterocycles. The third-order valence-corrected chi connectivity index (χ3v) is 6.19. The smallest absolute Gasteiger partial charge is 0.356 e. The lowest BCUT2D eigenvalue weighted by Gasteiger charge is -2.49. The lowest BCUT2D eigenvalue weighted by atomic mass is 9.94. The van der Waals surface area contributed by atoms with Gasteiger partial charge in [0.15, 0.2) is 12.6 Å². The van der Waals surface area contributed by atoms with E-state index in [-0.39, 0.29) is 12.3 Å². The number of ether oxygens (including phenoxy) is 5. The molecule has 1 N–H and O–H groups in total. The fraction of sp³-hybridized carbons (Fsp3) is 0.333. The van der Waals surface area contributed by atoms with Crippen LogP contribution in [0, 0.1) is 0 Å². The van der Waals surface area contributed by atoms with E-state index in [0.29, 0.717) is 6.42 Å². The van der Waals surface area contributed by atoms with Gasteiger partial charge >= 0.3 is 5.97 Å². The Balaban J connectivity index is 1.44. The molecule has 0 saturated carbocycles. The quantitative estimate of drug-likeness (QED) is 0.540. The molecule has 0 aliphatic carbocycles. The van der Waals surface area contributed by atoms with Crippen LogP contribution in [0.1, 0.15) is 39.8 Å². The third kappa shape index (κ3) is 5.12. The van der Waals surface area contributed by atoms with E-state index in [2.05, 4.69) is 4.98 Å². The van der Waals surface area contributed by atoms with E-state index in [9.17, 15) is 9.90 Å². The number of methoxy groups -OCH3 is 1. The Morgan fingerprint density at radius 1 is 0.829 bits per heavy atom. The predicted octanol–water partition coefficient (Wildman–Crippen LogP) is 3.37. The van der Waals surface area contributed by atoms with Gasteiger partial charge in [-0.3, -0.25) is 0 Å². The Bertz CT molecular complexity index is 1110. The molecule has 6 atom stereocenters. The minimum Gasteiger partial charge on any atom is -0.464 e. The number of hydrogen-bond donors (Lipinski definition) is 1. The zero-order valence-electron chi connectivity index (χ0n) is 19.2. The van der Waals surface area contributed by atoms with E-state index in [1.807, 2.05) is 66.7 Å². The van der Waals surface area contributed by atoms with Crippen molar-refractivity contribution in [2.75, 3.05) is 13.7 Å². The summed E-state index contributed by atoms with van der Waals surface area (Å²) in [6.45, 7) is -0.225. The van der Waals surface area contributed by atoms with Crippen molar-refractivity contribution in [3.8, 4) is 0 Å². The van der Waals surface area contributed by atoms with Gasteiger partial charge in [-0.25, -0.2) is 9.78 Å². The van der Waals surface area contributed by atoms with Gasteiger partial charge in [0, 0.05) is 23.7 Å². The predicted molar refractivity (Wildman–Crippen MR) is 124 cm³/mol. The van der Waals surface area contributed by atoms with E-state index in [1.165, 1.54) is 7.11 Å². The molecule has 8 heteroatoms. The van der Waals surface area contributed by atoms with E-state index in [1.54, 1.807) is 12.3 Å². The number of nitrogens with zero attached hydrogens (tertiary/aromatic N) is 1. The second kappa shape index (κ2) is 10.6. The zero-order valence-corrected chi connectivity index (χ0v) is 19.2. The minimum atomic E-state index is -0.669. The lowest BCUT2D eigenvalue weighted by molar-refractivity contribution is -0.384. The number of carbonyl (C=O) groups is 1. The lowest BCUT2D eigenvalue weighted by Crippen LogP contribution is -2.59. The first kappa shape index (κ1) is 23.6. The summed E-state index contributed by atoms with van der Waals surface area (Å²) in [5.41, 5.74) is 2.80. The zero-order chi connectivity index (χ0) is 24.2. The highest BCUT2D eigenvalue weighted by Gasteiger charge is 2.50. The number of carbonyl (C=O) groups excluding carboxylic acids is 1. The van der Waals surface area contributed by atoms with Gasteiger partial charge in [-0.15, -0.1) is 0 Å². The molecular weight excluding hydrogens is 450 g/mol. The fourth-order valence-corrected chi connectivity index (χ4v) is 4.42. The SMILES string of the molecule is COC(=O)c1ccc(CC2OC(c3ccccc3)OC3C(CO)OC(c4ccccc4)OC23)cn1. The molecule has 8 nitrogen and oxygen atoms in total. The van der Waals surface area contributed by atoms with E-state index in [0.717, 1.165) is 16.7 Å². The summed E-state index contributed by atoms with van der Waals surface area (Å²) in [5.74, 6) is -0.493. The summed E-state index contributed by atoms with van der Waals surface area (Å²) < 4.78 is 29.9. The van der Waals surface area contributed by atoms with Crippen LogP contribution in [-0.2, 0) is 30.1 Å². The van der Waals surface area contributed by atoms with E-state index >= 15 is 0 Å². The molecular formula is C27H27NO7. The van der Waals surface area contributed by atoms with Crippen LogP contribution >= 0.6 is 0 Å². The Kier molecular flexibility index (Phi) is 7.17. The molecule has 2 aromatic carbocycles. The normalized spacial score (nSPS) is 28.2. The molecule has 3 heterocycles. The van der Waals surface area contributed by atoms with Gasteiger partial charge in [0.1, 0.15) is 24.0 Å². The summed E-state index contributed by atoms with van der Waals surface area (Å²) >= 11 is 0. The summed E-state index contributed by atoms with van der Waals surface area (Å²) in [4.78, 5) is 16.0. The number of aliphatic hydroxyl groups is 1. The molecule has 1 aromatic heterocycles. The fourth-order valence-electron chi connectivity index (χ4n) is 4.42. The topological polar surface area (TPSA) is 96.3 Å². The number of benzene rings is 2. The summed E-state index contributed by atoms with van der Waals surface area (Å²) in [5, 5.41) is 10.2. The summed E-state index contributed by atoms with van der Waals surface area (Å²) in [7, 11) is 1.32. The van der Waals surface area contributed by atoms with Gasteiger partial charge in [0.25, 0.3) is 0 Å². The van der Waals surface area contributed by atoms with Crippen molar-refractivity contribution >= 4 is 5.97 Å². The van der Waals surface area contributed by atoms with Crippen LogP contribution in [0.5, 0.6) is 0 Å². The maximum atomic E-state index is 11.8. The first-order valence-corrected chi connectivity index (χ1v) is 11.5. The van der Waals surface area contributed by atoms with E-state index in [4.69, 9.17) is 23.7 Å². The van der Waals surface area contributed by atoms with Crippen molar-refractivity contribution in [3.63, 3.8) is 0 Å². The second-order valence-electron chi connectivity index (χ2n) is 8.47. The van der Waals surface area contributed by atoms with Crippen molar-refractivity contribution in [1.82, 2.24) is 4.98 Å². The highest BCUT2D eigenvalue weighted by atomic mass is 16.8. The molecule has 35 heavy (non-hydrogen) atoms. The Morgan fingerprint density at radius 3 is 1.91 bits per heavy atom. The molecule has 2 fully saturated rings. The number of pyridine rings is 1. The van der Waals surface area contributed by atoms with E-state index < -0.39 is 43.0 Å². The monoisotopic (exact) mass is 477 g/mol. The number of aliphatic hydroxyl groups excluding tert-OH is 1.